The summed E-state index contributed by atoms with van der Waals surface area (Å²) >= 11 is 5.34. The first-order valence-electron chi connectivity index (χ1n) is 5.54. The Morgan fingerprint density at radius 2 is 2.29 bits per heavy atom. The fourth-order valence-electron chi connectivity index (χ4n) is 1.67. The van der Waals surface area contributed by atoms with Crippen LogP contribution in [0, 0.1) is 6.92 Å². The van der Waals surface area contributed by atoms with Gasteiger partial charge in [0.05, 0.1) is 0 Å². The van der Waals surface area contributed by atoms with Crippen LogP contribution in [0.2, 0.25) is 0 Å². The van der Waals surface area contributed by atoms with E-state index < -0.39 is 0 Å². The first-order valence-corrected chi connectivity index (χ1v) is 7.21. The smallest absolute Gasteiger partial charge is 0.0400 e. The standard InChI is InChI=1S/C13H15BrN2S/c1-9-7-15-5-3-11(9)8-16-10(2)13-12(14)4-6-17-13/h3-7,10,16H,8H2,1-2H3. The van der Waals surface area contributed by atoms with Crippen molar-refractivity contribution < 1.29 is 0 Å². The van der Waals surface area contributed by atoms with Crippen LogP contribution in [-0.2, 0) is 6.54 Å². The molecule has 2 aromatic heterocycles. The highest BCUT2D eigenvalue weighted by atomic mass is 79.9. The summed E-state index contributed by atoms with van der Waals surface area (Å²) in [6, 6.07) is 4.52. The van der Waals surface area contributed by atoms with E-state index >= 15 is 0 Å². The first kappa shape index (κ1) is 12.7. The average Bonchev–Trinajstić information content (AvgIpc) is 2.74. The van der Waals surface area contributed by atoms with Crippen molar-refractivity contribution in [2.24, 2.45) is 0 Å². The van der Waals surface area contributed by atoms with E-state index in [0.29, 0.717) is 6.04 Å². The zero-order valence-corrected chi connectivity index (χ0v) is 12.3. The van der Waals surface area contributed by atoms with Crippen LogP contribution in [0.4, 0.5) is 0 Å². The van der Waals surface area contributed by atoms with Crippen LogP contribution >= 0.6 is 27.3 Å². The Labute approximate surface area is 114 Å². The van der Waals surface area contributed by atoms with Crippen LogP contribution in [0.3, 0.4) is 0 Å². The van der Waals surface area contributed by atoms with Crippen LogP contribution in [0.1, 0.15) is 29.0 Å². The molecule has 2 rings (SSSR count). The molecule has 0 fully saturated rings. The van der Waals surface area contributed by atoms with Gasteiger partial charge in [0.15, 0.2) is 0 Å². The lowest BCUT2D eigenvalue weighted by molar-refractivity contribution is 0.579. The number of halogens is 1. The fraction of sp³-hybridized carbons (Fsp3) is 0.308. The van der Waals surface area contributed by atoms with Gasteiger partial charge in [0.25, 0.3) is 0 Å². The van der Waals surface area contributed by atoms with E-state index in [-0.39, 0.29) is 0 Å². The van der Waals surface area contributed by atoms with Gasteiger partial charge in [0, 0.05) is 34.3 Å². The minimum atomic E-state index is 0.358. The van der Waals surface area contributed by atoms with E-state index in [9.17, 15) is 0 Å². The molecule has 0 aliphatic rings. The molecule has 0 bridgehead atoms. The number of nitrogens with one attached hydrogen (secondary N) is 1. The molecule has 0 spiro atoms. The van der Waals surface area contributed by atoms with Gasteiger partial charge in [-0.1, -0.05) is 0 Å². The Morgan fingerprint density at radius 3 is 2.94 bits per heavy atom. The molecule has 0 amide bonds. The molecule has 1 atom stereocenters. The molecule has 17 heavy (non-hydrogen) atoms. The number of aryl methyl sites for hydroxylation is 1. The molecule has 0 radical (unpaired) electrons. The normalized spacial score (nSPS) is 12.6. The minimum Gasteiger partial charge on any atom is -0.305 e. The quantitative estimate of drug-likeness (QED) is 0.921. The lowest BCUT2D eigenvalue weighted by Gasteiger charge is -2.14. The van der Waals surface area contributed by atoms with Crippen LogP contribution in [0.15, 0.2) is 34.4 Å². The highest BCUT2D eigenvalue weighted by Gasteiger charge is 2.10. The number of rotatable bonds is 4. The molecule has 0 saturated carbocycles. The van der Waals surface area contributed by atoms with Crippen LogP contribution in [0.25, 0.3) is 0 Å². The summed E-state index contributed by atoms with van der Waals surface area (Å²) in [7, 11) is 0. The Balaban J connectivity index is 2.00. The molecule has 2 aromatic rings. The molecule has 0 saturated heterocycles. The van der Waals surface area contributed by atoms with Crippen LogP contribution in [0.5, 0.6) is 0 Å². The molecule has 1 unspecified atom stereocenters. The van der Waals surface area contributed by atoms with E-state index in [1.54, 1.807) is 11.3 Å². The van der Waals surface area contributed by atoms with Gasteiger partial charge in [-0.05, 0) is 58.4 Å². The SMILES string of the molecule is Cc1cnccc1CNC(C)c1sccc1Br. The number of thiophene rings is 1. The third-order valence-electron chi connectivity index (χ3n) is 2.77. The van der Waals surface area contributed by atoms with Gasteiger partial charge in [0.2, 0.25) is 0 Å². The van der Waals surface area contributed by atoms with Crippen molar-refractivity contribution >= 4 is 27.3 Å². The lowest BCUT2D eigenvalue weighted by Crippen LogP contribution is -2.18. The molecule has 0 aromatic carbocycles. The summed E-state index contributed by atoms with van der Waals surface area (Å²) in [5.41, 5.74) is 2.54. The second kappa shape index (κ2) is 5.76. The molecule has 90 valence electrons. The number of pyridine rings is 1. The Morgan fingerprint density at radius 1 is 1.47 bits per heavy atom. The Hall–Kier alpha value is -0.710. The molecule has 2 nitrogen and oxygen atoms in total. The topological polar surface area (TPSA) is 24.9 Å². The summed E-state index contributed by atoms with van der Waals surface area (Å²) in [5.74, 6) is 0. The first-order chi connectivity index (χ1) is 8.18. The third kappa shape index (κ3) is 3.15. The van der Waals surface area contributed by atoms with Crippen molar-refractivity contribution in [1.29, 1.82) is 0 Å². The number of hydrogen-bond acceptors (Lipinski definition) is 3. The molecular weight excluding hydrogens is 296 g/mol. The summed E-state index contributed by atoms with van der Waals surface area (Å²) in [4.78, 5) is 5.45. The highest BCUT2D eigenvalue weighted by molar-refractivity contribution is 9.10. The van der Waals surface area contributed by atoms with Crippen molar-refractivity contribution in [3.05, 3.63) is 50.4 Å². The second-order valence-corrected chi connectivity index (χ2v) is 5.84. The molecule has 1 N–H and O–H groups in total. The minimum absolute atomic E-state index is 0.358. The highest BCUT2D eigenvalue weighted by Crippen LogP contribution is 2.28. The summed E-state index contributed by atoms with van der Waals surface area (Å²) in [6.07, 6.45) is 3.75. The Bertz CT molecular complexity index is 496. The summed E-state index contributed by atoms with van der Waals surface area (Å²) < 4.78 is 1.19. The molecule has 2 heterocycles. The lowest BCUT2D eigenvalue weighted by atomic mass is 10.1. The second-order valence-electron chi connectivity index (χ2n) is 4.04. The van der Waals surface area contributed by atoms with E-state index in [1.165, 1.54) is 20.5 Å². The third-order valence-corrected chi connectivity index (χ3v) is 4.83. The van der Waals surface area contributed by atoms with Gasteiger partial charge in [-0.3, -0.25) is 4.98 Å². The summed E-state index contributed by atoms with van der Waals surface area (Å²) in [6.45, 7) is 5.16. The maximum absolute atomic E-state index is 4.10. The molecule has 0 aliphatic carbocycles. The van der Waals surface area contributed by atoms with Crippen molar-refractivity contribution in [2.45, 2.75) is 26.4 Å². The average molecular weight is 311 g/mol. The van der Waals surface area contributed by atoms with Crippen molar-refractivity contribution in [3.63, 3.8) is 0 Å². The van der Waals surface area contributed by atoms with E-state index in [1.807, 2.05) is 12.4 Å². The van der Waals surface area contributed by atoms with Crippen LogP contribution < -0.4 is 5.32 Å². The number of aromatic nitrogens is 1. The van der Waals surface area contributed by atoms with Crippen molar-refractivity contribution in [2.75, 3.05) is 0 Å². The van der Waals surface area contributed by atoms with Crippen molar-refractivity contribution in [3.8, 4) is 0 Å². The van der Waals surface area contributed by atoms with Gasteiger partial charge in [-0.25, -0.2) is 0 Å². The van der Waals surface area contributed by atoms with Gasteiger partial charge in [0.1, 0.15) is 0 Å². The monoisotopic (exact) mass is 310 g/mol. The maximum atomic E-state index is 4.10. The van der Waals surface area contributed by atoms with E-state index in [4.69, 9.17) is 0 Å². The van der Waals surface area contributed by atoms with Crippen LogP contribution in [-0.4, -0.2) is 4.98 Å². The predicted molar refractivity (Wildman–Crippen MR) is 76.2 cm³/mol. The summed E-state index contributed by atoms with van der Waals surface area (Å²) in [5, 5.41) is 5.64. The molecule has 0 aliphatic heterocycles. The zero-order chi connectivity index (χ0) is 12.3. The zero-order valence-electron chi connectivity index (χ0n) is 9.90. The number of hydrogen-bond donors (Lipinski definition) is 1. The van der Waals surface area contributed by atoms with Gasteiger partial charge >= 0.3 is 0 Å². The van der Waals surface area contributed by atoms with Gasteiger partial charge < -0.3 is 5.32 Å². The predicted octanol–water partition coefficient (Wildman–Crippen LogP) is 4.06. The van der Waals surface area contributed by atoms with E-state index in [0.717, 1.165) is 6.54 Å². The maximum Gasteiger partial charge on any atom is 0.0400 e. The Kier molecular flexibility index (Phi) is 4.31. The molecular formula is C13H15BrN2S. The van der Waals surface area contributed by atoms with E-state index in [2.05, 4.69) is 57.6 Å². The number of nitrogens with zero attached hydrogens (tertiary/aromatic N) is 1. The largest absolute Gasteiger partial charge is 0.305 e. The van der Waals surface area contributed by atoms with Gasteiger partial charge in [-0.2, -0.15) is 0 Å². The molecule has 4 heteroatoms. The van der Waals surface area contributed by atoms with Crippen molar-refractivity contribution in [1.82, 2.24) is 10.3 Å². The van der Waals surface area contributed by atoms with Gasteiger partial charge in [-0.15, -0.1) is 11.3 Å². The fourth-order valence-corrected chi connectivity index (χ4v) is 3.42.